The minimum Gasteiger partial charge on any atom is -0.480 e. The van der Waals surface area contributed by atoms with Crippen LogP contribution in [0, 0.1) is 11.8 Å². The van der Waals surface area contributed by atoms with Crippen molar-refractivity contribution >= 4 is 35.5 Å². The number of nitrogens with one attached hydrogen (secondary N) is 3. The quantitative estimate of drug-likeness (QED) is 0.136. The number of rotatable bonds is 15. The summed E-state index contributed by atoms with van der Waals surface area (Å²) in [4.78, 5) is 71.7. The molecule has 0 spiro atoms. The molecule has 0 aliphatic rings. The fourth-order valence-electron chi connectivity index (χ4n) is 2.74. The van der Waals surface area contributed by atoms with Crippen LogP contribution in [0.1, 0.15) is 53.4 Å². The van der Waals surface area contributed by atoms with E-state index in [-0.39, 0.29) is 18.8 Å². The highest BCUT2D eigenvalue weighted by molar-refractivity contribution is 5.95. The molecule has 13 heteroatoms. The number of amides is 5. The summed E-state index contributed by atoms with van der Waals surface area (Å²) < 4.78 is 0. The van der Waals surface area contributed by atoms with Crippen LogP contribution in [0.4, 0.5) is 0 Å². The lowest BCUT2D eigenvalue weighted by molar-refractivity contribution is -0.144. The Bertz CT molecular complexity index is 742. The van der Waals surface area contributed by atoms with Gasteiger partial charge in [0.05, 0.1) is 12.5 Å². The molecule has 0 fully saturated rings. The Morgan fingerprint density at radius 3 is 1.79 bits per heavy atom. The van der Waals surface area contributed by atoms with Gasteiger partial charge in [0.25, 0.3) is 0 Å². The van der Waals surface area contributed by atoms with Gasteiger partial charge >= 0.3 is 5.97 Å². The summed E-state index contributed by atoms with van der Waals surface area (Å²) in [6.07, 6.45) is -0.545. The number of carboxylic acids is 1. The monoisotopic (exact) mass is 472 g/mol. The summed E-state index contributed by atoms with van der Waals surface area (Å²) in [5.41, 5.74) is 16.0. The molecule has 33 heavy (non-hydrogen) atoms. The first-order valence-electron chi connectivity index (χ1n) is 10.7. The van der Waals surface area contributed by atoms with Crippen molar-refractivity contribution in [1.29, 1.82) is 0 Å². The van der Waals surface area contributed by atoms with Gasteiger partial charge in [-0.05, 0) is 18.3 Å². The lowest BCUT2D eigenvalue weighted by Crippen LogP contribution is -2.59. The van der Waals surface area contributed by atoms with E-state index < -0.39 is 72.0 Å². The van der Waals surface area contributed by atoms with Gasteiger partial charge in [-0.25, -0.2) is 4.79 Å². The lowest BCUT2D eigenvalue weighted by atomic mass is 9.96. The van der Waals surface area contributed by atoms with Gasteiger partial charge in [-0.2, -0.15) is 0 Å². The van der Waals surface area contributed by atoms with Crippen molar-refractivity contribution < 1.29 is 33.9 Å². The standard InChI is InChI=1S/C20H36N6O7/c1-5-10(4)16(19(31)25-12(20(32)33)8-14(22)28)26-17(29)11(6-7-13(21)27)24-18(30)15(23)9(2)3/h9-12,15-16H,5-8,23H2,1-4H3,(H2,21,27)(H2,22,28)(H,24,30)(H,25,31)(H,26,29)(H,32,33). The van der Waals surface area contributed by atoms with Crippen LogP contribution in [-0.2, 0) is 28.8 Å². The molecule has 0 bridgehead atoms. The minimum atomic E-state index is -1.58. The molecule has 0 aromatic rings. The number of aliphatic carboxylic acids is 1. The zero-order valence-corrected chi connectivity index (χ0v) is 19.4. The number of primary amides is 2. The smallest absolute Gasteiger partial charge is 0.326 e. The molecule has 0 radical (unpaired) electrons. The first kappa shape index (κ1) is 29.8. The van der Waals surface area contributed by atoms with Crippen molar-refractivity contribution in [2.45, 2.75) is 77.5 Å². The molecule has 0 saturated carbocycles. The molecule has 0 aliphatic heterocycles. The number of hydrogen-bond donors (Lipinski definition) is 7. The molecule has 0 aromatic heterocycles. The molecule has 13 nitrogen and oxygen atoms in total. The van der Waals surface area contributed by atoms with Crippen LogP contribution in [0.2, 0.25) is 0 Å². The summed E-state index contributed by atoms with van der Waals surface area (Å²) in [5.74, 6) is -5.99. The van der Waals surface area contributed by atoms with E-state index in [9.17, 15) is 33.9 Å². The number of carboxylic acid groups (broad SMARTS) is 1. The van der Waals surface area contributed by atoms with Crippen molar-refractivity contribution in [1.82, 2.24) is 16.0 Å². The first-order chi connectivity index (χ1) is 15.2. The molecule has 5 amide bonds. The van der Waals surface area contributed by atoms with Gasteiger partial charge < -0.3 is 38.3 Å². The molecule has 0 saturated heterocycles. The van der Waals surface area contributed by atoms with Gasteiger partial charge in [0.15, 0.2) is 0 Å². The Hall–Kier alpha value is -3.22. The highest BCUT2D eigenvalue weighted by Gasteiger charge is 2.33. The van der Waals surface area contributed by atoms with E-state index in [0.29, 0.717) is 6.42 Å². The van der Waals surface area contributed by atoms with Crippen molar-refractivity contribution in [3.8, 4) is 0 Å². The molecule has 188 valence electrons. The number of hydrogen-bond acceptors (Lipinski definition) is 7. The largest absolute Gasteiger partial charge is 0.480 e. The average molecular weight is 473 g/mol. The number of carbonyl (C=O) groups excluding carboxylic acids is 5. The molecular formula is C20H36N6O7. The zero-order valence-electron chi connectivity index (χ0n) is 19.4. The van der Waals surface area contributed by atoms with Crippen LogP contribution in [0.15, 0.2) is 0 Å². The van der Waals surface area contributed by atoms with Gasteiger partial charge in [-0.1, -0.05) is 34.1 Å². The molecule has 0 aliphatic carbocycles. The third-order valence-electron chi connectivity index (χ3n) is 5.15. The Labute approximate surface area is 192 Å². The molecule has 5 atom stereocenters. The van der Waals surface area contributed by atoms with Gasteiger partial charge in [-0.15, -0.1) is 0 Å². The van der Waals surface area contributed by atoms with E-state index >= 15 is 0 Å². The minimum absolute atomic E-state index is 0.133. The van der Waals surface area contributed by atoms with E-state index in [1.54, 1.807) is 27.7 Å². The molecule has 0 aromatic carbocycles. The predicted molar refractivity (Wildman–Crippen MR) is 118 cm³/mol. The summed E-state index contributed by atoms with van der Waals surface area (Å²) >= 11 is 0. The maximum absolute atomic E-state index is 12.9. The highest BCUT2D eigenvalue weighted by Crippen LogP contribution is 2.11. The molecule has 10 N–H and O–H groups in total. The van der Waals surface area contributed by atoms with Gasteiger partial charge in [0, 0.05) is 6.42 Å². The second-order valence-electron chi connectivity index (χ2n) is 8.28. The summed E-state index contributed by atoms with van der Waals surface area (Å²) in [6.45, 7) is 6.84. The maximum Gasteiger partial charge on any atom is 0.326 e. The van der Waals surface area contributed by atoms with Crippen LogP contribution in [0.3, 0.4) is 0 Å². The SMILES string of the molecule is CCC(C)C(NC(=O)C(CCC(N)=O)NC(=O)C(N)C(C)C)C(=O)NC(CC(N)=O)C(=O)O. The molecule has 5 unspecified atom stereocenters. The third-order valence-corrected chi connectivity index (χ3v) is 5.15. The normalized spacial score (nSPS) is 15.5. The Morgan fingerprint density at radius 1 is 0.818 bits per heavy atom. The highest BCUT2D eigenvalue weighted by atomic mass is 16.4. The topological polar surface area (TPSA) is 237 Å². The fraction of sp³-hybridized carbons (Fsp3) is 0.700. The number of carbonyl (C=O) groups is 6. The third kappa shape index (κ3) is 10.8. The second-order valence-corrected chi connectivity index (χ2v) is 8.28. The van der Waals surface area contributed by atoms with Gasteiger partial charge in [0.1, 0.15) is 18.1 Å². The predicted octanol–water partition coefficient (Wildman–Crippen LogP) is -2.30. The van der Waals surface area contributed by atoms with E-state index in [0.717, 1.165) is 0 Å². The average Bonchev–Trinajstić information content (AvgIpc) is 2.71. The van der Waals surface area contributed by atoms with Crippen LogP contribution in [0.5, 0.6) is 0 Å². The second kappa shape index (κ2) is 14.0. The van der Waals surface area contributed by atoms with E-state index in [1.165, 1.54) is 0 Å². The van der Waals surface area contributed by atoms with E-state index in [2.05, 4.69) is 16.0 Å². The summed E-state index contributed by atoms with van der Waals surface area (Å²) in [5, 5.41) is 16.4. The van der Waals surface area contributed by atoms with Gasteiger partial charge in [-0.3, -0.25) is 24.0 Å². The number of nitrogens with two attached hydrogens (primary N) is 3. The van der Waals surface area contributed by atoms with Crippen LogP contribution >= 0.6 is 0 Å². The van der Waals surface area contributed by atoms with Crippen molar-refractivity contribution in [2.24, 2.45) is 29.0 Å². The van der Waals surface area contributed by atoms with Gasteiger partial charge in [0.2, 0.25) is 29.5 Å². The molecule has 0 rings (SSSR count). The molecular weight excluding hydrogens is 436 g/mol. The zero-order chi connectivity index (χ0) is 25.9. The van der Waals surface area contributed by atoms with Crippen molar-refractivity contribution in [2.75, 3.05) is 0 Å². The van der Waals surface area contributed by atoms with Crippen molar-refractivity contribution in [3.63, 3.8) is 0 Å². The molecule has 0 heterocycles. The van der Waals surface area contributed by atoms with E-state index in [4.69, 9.17) is 17.2 Å². The Morgan fingerprint density at radius 2 is 1.36 bits per heavy atom. The van der Waals surface area contributed by atoms with Crippen LogP contribution < -0.4 is 33.2 Å². The van der Waals surface area contributed by atoms with E-state index in [1.807, 2.05) is 0 Å². The Balaban J connectivity index is 5.65. The van der Waals surface area contributed by atoms with Crippen molar-refractivity contribution in [3.05, 3.63) is 0 Å². The summed E-state index contributed by atoms with van der Waals surface area (Å²) in [7, 11) is 0. The van der Waals surface area contributed by atoms with Crippen LogP contribution in [-0.4, -0.2) is 64.8 Å². The first-order valence-corrected chi connectivity index (χ1v) is 10.7. The summed E-state index contributed by atoms with van der Waals surface area (Å²) in [6, 6.07) is -4.89. The maximum atomic E-state index is 12.9. The Kier molecular flexibility index (Phi) is 12.7. The fourth-order valence-corrected chi connectivity index (χ4v) is 2.74. The lowest BCUT2D eigenvalue weighted by Gasteiger charge is -2.28. The van der Waals surface area contributed by atoms with Crippen LogP contribution in [0.25, 0.3) is 0 Å².